The maximum Gasteiger partial charge on any atom is 0.230 e. The van der Waals surface area contributed by atoms with E-state index >= 15 is 0 Å². The van der Waals surface area contributed by atoms with E-state index in [-0.39, 0.29) is 11.8 Å². The van der Waals surface area contributed by atoms with Gasteiger partial charge < -0.3 is 14.7 Å². The van der Waals surface area contributed by atoms with Crippen molar-refractivity contribution in [3.63, 3.8) is 0 Å². The summed E-state index contributed by atoms with van der Waals surface area (Å²) in [4.78, 5) is 20.3. The molecule has 0 N–H and O–H groups in total. The highest BCUT2D eigenvalue weighted by Gasteiger charge is 2.30. The number of amides is 1. The van der Waals surface area contributed by atoms with Crippen molar-refractivity contribution < 1.29 is 4.79 Å². The number of anilines is 2. The van der Waals surface area contributed by atoms with Crippen molar-refractivity contribution in [2.24, 2.45) is 5.92 Å². The van der Waals surface area contributed by atoms with Crippen LogP contribution in [0.4, 0.5) is 11.4 Å². The first kappa shape index (κ1) is 20.8. The summed E-state index contributed by atoms with van der Waals surface area (Å²) in [7, 11) is 2.18. The van der Waals surface area contributed by atoms with Gasteiger partial charge in [0.1, 0.15) is 0 Å². The monoisotopic (exact) mass is 429 g/mol. The van der Waals surface area contributed by atoms with Gasteiger partial charge in [-0.25, -0.2) is 4.68 Å². The lowest BCUT2D eigenvalue weighted by atomic mass is 9.89. The molecule has 3 heterocycles. The van der Waals surface area contributed by atoms with Crippen molar-refractivity contribution in [3.8, 4) is 5.69 Å². The van der Waals surface area contributed by atoms with Crippen LogP contribution in [0.5, 0.6) is 0 Å². The van der Waals surface area contributed by atoms with E-state index < -0.39 is 0 Å². The largest absolute Gasteiger partial charge is 0.369 e. The molecule has 0 aliphatic carbocycles. The number of piperidine rings is 1. The molecule has 0 saturated carbocycles. The molecule has 1 amide bonds. The first-order valence-corrected chi connectivity index (χ1v) is 11.6. The maximum absolute atomic E-state index is 13.5. The zero-order valence-electron chi connectivity index (χ0n) is 18.7. The van der Waals surface area contributed by atoms with Gasteiger partial charge in [-0.3, -0.25) is 4.79 Å². The minimum absolute atomic E-state index is 0.0307. The fourth-order valence-electron chi connectivity index (χ4n) is 4.91. The van der Waals surface area contributed by atoms with Gasteiger partial charge in [-0.05, 0) is 68.3 Å². The summed E-state index contributed by atoms with van der Waals surface area (Å²) in [5.74, 6) is 0.277. The Kier molecular flexibility index (Phi) is 5.95. The molecule has 0 radical (unpaired) electrons. The third-order valence-corrected chi connectivity index (χ3v) is 6.78. The molecular formula is C26H31N5O. The lowest BCUT2D eigenvalue weighted by Crippen LogP contribution is -2.45. The highest BCUT2D eigenvalue weighted by Crippen LogP contribution is 2.31. The van der Waals surface area contributed by atoms with Crippen molar-refractivity contribution >= 4 is 17.3 Å². The molecule has 2 aliphatic heterocycles. The van der Waals surface area contributed by atoms with Gasteiger partial charge in [-0.2, -0.15) is 5.10 Å². The molecule has 166 valence electrons. The smallest absolute Gasteiger partial charge is 0.230 e. The third-order valence-electron chi connectivity index (χ3n) is 6.78. The van der Waals surface area contributed by atoms with E-state index in [1.807, 2.05) is 46.1 Å². The summed E-state index contributed by atoms with van der Waals surface area (Å²) in [6, 6.07) is 18.7. The quantitative estimate of drug-likeness (QED) is 0.622. The Bertz CT molecular complexity index is 1040. The van der Waals surface area contributed by atoms with Gasteiger partial charge in [0.15, 0.2) is 0 Å². The molecule has 3 aromatic rings. The number of para-hydroxylation sites is 1. The minimum Gasteiger partial charge on any atom is -0.369 e. The average molecular weight is 430 g/mol. The van der Waals surface area contributed by atoms with Crippen LogP contribution in [-0.4, -0.2) is 60.4 Å². The second kappa shape index (κ2) is 9.17. The topological polar surface area (TPSA) is 44.6 Å². The van der Waals surface area contributed by atoms with Gasteiger partial charge in [0, 0.05) is 62.4 Å². The molecule has 32 heavy (non-hydrogen) atoms. The molecule has 0 bridgehead atoms. The Balaban J connectivity index is 1.31. The van der Waals surface area contributed by atoms with Crippen LogP contribution in [-0.2, 0) is 11.2 Å². The Labute approximate surface area is 190 Å². The summed E-state index contributed by atoms with van der Waals surface area (Å²) in [6.07, 6.45) is 6.50. The maximum atomic E-state index is 13.5. The zero-order chi connectivity index (χ0) is 21.9. The van der Waals surface area contributed by atoms with Crippen LogP contribution in [0.15, 0.2) is 67.0 Å². The fraction of sp³-hybridized carbons (Fsp3) is 0.385. The Morgan fingerprint density at radius 1 is 0.906 bits per heavy atom. The summed E-state index contributed by atoms with van der Waals surface area (Å²) >= 11 is 0. The predicted octanol–water partition coefficient (Wildman–Crippen LogP) is 3.61. The van der Waals surface area contributed by atoms with E-state index in [2.05, 4.69) is 46.2 Å². The van der Waals surface area contributed by atoms with Crippen molar-refractivity contribution in [2.75, 3.05) is 49.6 Å². The van der Waals surface area contributed by atoms with E-state index in [1.165, 1.54) is 11.3 Å². The van der Waals surface area contributed by atoms with Crippen molar-refractivity contribution in [1.29, 1.82) is 0 Å². The van der Waals surface area contributed by atoms with Gasteiger partial charge in [-0.15, -0.1) is 0 Å². The molecule has 1 atom stereocenters. The van der Waals surface area contributed by atoms with Gasteiger partial charge in [0.2, 0.25) is 5.91 Å². The molecule has 1 aromatic heterocycles. The summed E-state index contributed by atoms with van der Waals surface area (Å²) < 4.78 is 1.83. The van der Waals surface area contributed by atoms with Crippen LogP contribution in [0.2, 0.25) is 0 Å². The van der Waals surface area contributed by atoms with E-state index in [4.69, 9.17) is 0 Å². The van der Waals surface area contributed by atoms with Crippen molar-refractivity contribution in [1.82, 2.24) is 14.7 Å². The lowest BCUT2D eigenvalue weighted by molar-refractivity contribution is -0.123. The number of carbonyl (C=O) groups is 1. The number of piperazine rings is 1. The van der Waals surface area contributed by atoms with Gasteiger partial charge >= 0.3 is 0 Å². The first-order chi connectivity index (χ1) is 15.7. The molecule has 2 saturated heterocycles. The molecule has 2 fully saturated rings. The number of hydrogen-bond acceptors (Lipinski definition) is 4. The number of hydrogen-bond donors (Lipinski definition) is 0. The van der Waals surface area contributed by atoms with Crippen LogP contribution in [0, 0.1) is 5.92 Å². The average Bonchev–Trinajstić information content (AvgIpc) is 3.37. The highest BCUT2D eigenvalue weighted by molar-refractivity contribution is 5.96. The number of nitrogens with zero attached hydrogens (tertiary/aromatic N) is 5. The van der Waals surface area contributed by atoms with Gasteiger partial charge in [-0.1, -0.05) is 18.2 Å². The standard InChI is InChI=1S/C26H31N5O/c1-28-16-18-29(19-17-28)25-8-3-2-6-21(25)20-22-7-4-14-30(26(22)32)23-9-11-24(12-10-23)31-15-5-13-27-31/h2-3,5-6,8-13,15,22H,4,7,14,16-20H2,1H3. The molecule has 5 rings (SSSR count). The van der Waals surface area contributed by atoms with Crippen molar-refractivity contribution in [2.45, 2.75) is 19.3 Å². The summed E-state index contributed by atoms with van der Waals surface area (Å²) in [5, 5.41) is 4.28. The van der Waals surface area contributed by atoms with Crippen LogP contribution in [0.3, 0.4) is 0 Å². The third kappa shape index (κ3) is 4.28. The van der Waals surface area contributed by atoms with Crippen LogP contribution >= 0.6 is 0 Å². The van der Waals surface area contributed by atoms with Crippen LogP contribution in [0.1, 0.15) is 18.4 Å². The van der Waals surface area contributed by atoms with Crippen LogP contribution in [0.25, 0.3) is 5.69 Å². The molecular weight excluding hydrogens is 398 g/mol. The first-order valence-electron chi connectivity index (χ1n) is 11.6. The Morgan fingerprint density at radius 2 is 1.66 bits per heavy atom. The molecule has 2 aliphatic rings. The van der Waals surface area contributed by atoms with Crippen LogP contribution < -0.4 is 9.80 Å². The predicted molar refractivity (Wildman–Crippen MR) is 128 cm³/mol. The van der Waals surface area contributed by atoms with E-state index in [1.54, 1.807) is 6.20 Å². The number of likely N-dealkylation sites (N-methyl/N-ethyl adjacent to an activating group) is 1. The summed E-state index contributed by atoms with van der Waals surface area (Å²) in [5.41, 5.74) is 4.57. The molecule has 6 nitrogen and oxygen atoms in total. The number of benzene rings is 2. The number of carbonyl (C=O) groups excluding carboxylic acids is 1. The van der Waals surface area contributed by atoms with Gasteiger partial charge in [0.05, 0.1) is 5.69 Å². The highest BCUT2D eigenvalue weighted by atomic mass is 16.2. The second-order valence-electron chi connectivity index (χ2n) is 8.92. The molecule has 2 aromatic carbocycles. The Morgan fingerprint density at radius 3 is 2.41 bits per heavy atom. The summed E-state index contributed by atoms with van der Waals surface area (Å²) in [6.45, 7) is 5.04. The van der Waals surface area contributed by atoms with Gasteiger partial charge in [0.25, 0.3) is 0 Å². The lowest BCUT2D eigenvalue weighted by Gasteiger charge is -2.36. The van der Waals surface area contributed by atoms with E-state index in [0.717, 1.165) is 63.4 Å². The van der Waals surface area contributed by atoms with Crippen molar-refractivity contribution in [3.05, 3.63) is 72.6 Å². The number of rotatable bonds is 5. The zero-order valence-corrected chi connectivity index (χ0v) is 18.7. The number of aromatic nitrogens is 2. The second-order valence-corrected chi connectivity index (χ2v) is 8.92. The SMILES string of the molecule is CN1CCN(c2ccccc2CC2CCCN(c3ccc(-n4cccn4)cc3)C2=O)CC1. The fourth-order valence-corrected chi connectivity index (χ4v) is 4.91. The molecule has 0 spiro atoms. The van der Waals surface area contributed by atoms with E-state index in [9.17, 15) is 4.79 Å². The molecule has 1 unspecified atom stereocenters. The van der Waals surface area contributed by atoms with E-state index in [0.29, 0.717) is 0 Å². The molecule has 6 heteroatoms. The minimum atomic E-state index is 0.0307. The Hall–Kier alpha value is -3.12. The normalized spacial score (nSPS) is 20.0.